The molecule has 0 fully saturated rings. The van der Waals surface area contributed by atoms with Crippen LogP contribution in [0.25, 0.3) is 0 Å². The Morgan fingerprint density at radius 3 is 2.65 bits per heavy atom. The number of halogens is 3. The maximum atomic E-state index is 13.9. The van der Waals surface area contributed by atoms with Crippen LogP contribution in [0.4, 0.5) is 20.2 Å². The zero-order chi connectivity index (χ0) is 14.9. The summed E-state index contributed by atoms with van der Waals surface area (Å²) in [6.45, 7) is 1.50. The van der Waals surface area contributed by atoms with Gasteiger partial charge in [0.2, 0.25) is 0 Å². The highest BCUT2D eigenvalue weighted by Crippen LogP contribution is 2.24. The van der Waals surface area contributed by atoms with Crippen molar-refractivity contribution in [1.82, 2.24) is 0 Å². The molecule has 3 nitrogen and oxygen atoms in total. The van der Waals surface area contributed by atoms with E-state index in [1.54, 1.807) is 0 Å². The van der Waals surface area contributed by atoms with Crippen molar-refractivity contribution in [3.05, 3.63) is 58.1 Å². The van der Waals surface area contributed by atoms with E-state index in [2.05, 4.69) is 5.32 Å². The number of nitrogens with two attached hydrogens (primary N) is 1. The van der Waals surface area contributed by atoms with Crippen LogP contribution in [0, 0.1) is 18.6 Å². The number of amides is 1. The summed E-state index contributed by atoms with van der Waals surface area (Å²) in [5, 5.41) is 2.51. The van der Waals surface area contributed by atoms with E-state index < -0.39 is 17.5 Å². The summed E-state index contributed by atoms with van der Waals surface area (Å²) in [4.78, 5) is 12.0. The van der Waals surface area contributed by atoms with Gasteiger partial charge in [-0.2, -0.15) is 0 Å². The fourth-order valence-electron chi connectivity index (χ4n) is 1.75. The second kappa shape index (κ2) is 5.46. The number of nitrogens with one attached hydrogen (secondary N) is 1. The standard InChI is InChI=1S/C14H11ClF2N2O/c1-7-4-9(18)6-10(13(7)17)14(20)19-12-5-8(16)2-3-11(12)15/h2-6H,18H2,1H3,(H,19,20). The van der Waals surface area contributed by atoms with Crippen molar-refractivity contribution in [2.75, 3.05) is 11.1 Å². The third-order valence-corrected chi connectivity index (χ3v) is 3.03. The van der Waals surface area contributed by atoms with Crippen molar-refractivity contribution in [1.29, 1.82) is 0 Å². The Balaban J connectivity index is 2.35. The van der Waals surface area contributed by atoms with E-state index in [0.29, 0.717) is 0 Å². The van der Waals surface area contributed by atoms with E-state index in [1.165, 1.54) is 25.1 Å². The molecule has 0 bridgehead atoms. The number of hydrogen-bond donors (Lipinski definition) is 2. The summed E-state index contributed by atoms with van der Waals surface area (Å²) >= 11 is 5.83. The summed E-state index contributed by atoms with van der Waals surface area (Å²) in [5.41, 5.74) is 5.94. The first-order valence-corrected chi connectivity index (χ1v) is 6.08. The Morgan fingerprint density at radius 1 is 1.25 bits per heavy atom. The van der Waals surface area contributed by atoms with Crippen LogP contribution in [0.5, 0.6) is 0 Å². The van der Waals surface area contributed by atoms with Gasteiger partial charge in [0.15, 0.2) is 0 Å². The first-order chi connectivity index (χ1) is 9.38. The molecule has 0 atom stereocenters. The molecule has 104 valence electrons. The Morgan fingerprint density at radius 2 is 1.95 bits per heavy atom. The number of aryl methyl sites for hydroxylation is 1. The largest absolute Gasteiger partial charge is 0.399 e. The lowest BCUT2D eigenvalue weighted by atomic mass is 10.1. The number of carbonyl (C=O) groups excluding carboxylic acids is 1. The lowest BCUT2D eigenvalue weighted by Gasteiger charge is -2.10. The predicted octanol–water partition coefficient (Wildman–Crippen LogP) is 3.76. The summed E-state index contributed by atoms with van der Waals surface area (Å²) in [6, 6.07) is 6.14. The minimum Gasteiger partial charge on any atom is -0.399 e. The fourth-order valence-corrected chi connectivity index (χ4v) is 1.91. The van der Waals surface area contributed by atoms with Crippen molar-refractivity contribution >= 4 is 28.9 Å². The monoisotopic (exact) mass is 296 g/mol. The van der Waals surface area contributed by atoms with Crippen LogP contribution in [-0.2, 0) is 0 Å². The van der Waals surface area contributed by atoms with Gasteiger partial charge in [0.05, 0.1) is 16.3 Å². The van der Waals surface area contributed by atoms with Crippen molar-refractivity contribution < 1.29 is 13.6 Å². The molecule has 2 rings (SSSR count). The molecule has 0 spiro atoms. The Labute approximate surface area is 119 Å². The second-order valence-electron chi connectivity index (χ2n) is 4.28. The quantitative estimate of drug-likeness (QED) is 0.829. The molecule has 0 heterocycles. The SMILES string of the molecule is Cc1cc(N)cc(C(=O)Nc2cc(F)ccc2Cl)c1F. The number of hydrogen-bond acceptors (Lipinski definition) is 2. The number of rotatable bonds is 2. The van der Waals surface area contributed by atoms with Crippen molar-refractivity contribution in [3.8, 4) is 0 Å². The van der Waals surface area contributed by atoms with Gasteiger partial charge < -0.3 is 11.1 Å². The van der Waals surface area contributed by atoms with Gasteiger partial charge in [0.1, 0.15) is 11.6 Å². The molecule has 6 heteroatoms. The van der Waals surface area contributed by atoms with Crippen LogP contribution in [-0.4, -0.2) is 5.91 Å². The van der Waals surface area contributed by atoms with Crippen LogP contribution in [0.3, 0.4) is 0 Å². The van der Waals surface area contributed by atoms with Gasteiger partial charge >= 0.3 is 0 Å². The molecule has 0 saturated carbocycles. The van der Waals surface area contributed by atoms with Crippen LogP contribution in [0.1, 0.15) is 15.9 Å². The molecule has 0 saturated heterocycles. The second-order valence-corrected chi connectivity index (χ2v) is 4.68. The average Bonchev–Trinajstić information content (AvgIpc) is 2.38. The molecule has 0 aliphatic rings. The first-order valence-electron chi connectivity index (χ1n) is 5.70. The van der Waals surface area contributed by atoms with Crippen LogP contribution < -0.4 is 11.1 Å². The van der Waals surface area contributed by atoms with E-state index in [-0.39, 0.29) is 27.5 Å². The smallest absolute Gasteiger partial charge is 0.258 e. The predicted molar refractivity (Wildman–Crippen MR) is 74.9 cm³/mol. The van der Waals surface area contributed by atoms with E-state index in [4.69, 9.17) is 17.3 Å². The third-order valence-electron chi connectivity index (χ3n) is 2.70. The normalized spacial score (nSPS) is 10.4. The Bertz CT molecular complexity index is 689. The lowest BCUT2D eigenvalue weighted by molar-refractivity contribution is 0.102. The molecular weight excluding hydrogens is 286 g/mol. The van der Waals surface area contributed by atoms with Crippen LogP contribution in [0.15, 0.2) is 30.3 Å². The van der Waals surface area contributed by atoms with E-state index in [9.17, 15) is 13.6 Å². The number of nitrogen functional groups attached to an aromatic ring is 1. The highest BCUT2D eigenvalue weighted by atomic mass is 35.5. The zero-order valence-electron chi connectivity index (χ0n) is 10.5. The molecule has 20 heavy (non-hydrogen) atoms. The van der Waals surface area contributed by atoms with Crippen molar-refractivity contribution in [2.45, 2.75) is 6.92 Å². The van der Waals surface area contributed by atoms with Gasteiger partial charge in [-0.15, -0.1) is 0 Å². The van der Waals surface area contributed by atoms with Gasteiger partial charge in [-0.1, -0.05) is 11.6 Å². The summed E-state index contributed by atoms with van der Waals surface area (Å²) in [7, 11) is 0. The summed E-state index contributed by atoms with van der Waals surface area (Å²) in [5.74, 6) is -1.98. The lowest BCUT2D eigenvalue weighted by Crippen LogP contribution is -2.15. The highest BCUT2D eigenvalue weighted by molar-refractivity contribution is 6.33. The van der Waals surface area contributed by atoms with E-state index in [0.717, 1.165) is 12.1 Å². The van der Waals surface area contributed by atoms with Crippen molar-refractivity contribution in [3.63, 3.8) is 0 Å². The molecule has 3 N–H and O–H groups in total. The third kappa shape index (κ3) is 2.88. The van der Waals surface area contributed by atoms with Gasteiger partial charge in [0.25, 0.3) is 5.91 Å². The summed E-state index contributed by atoms with van der Waals surface area (Å²) < 4.78 is 27.0. The Kier molecular flexibility index (Phi) is 3.90. The molecule has 0 aromatic heterocycles. The van der Waals surface area contributed by atoms with Gasteiger partial charge in [-0.05, 0) is 42.8 Å². The van der Waals surface area contributed by atoms with Crippen LogP contribution in [0.2, 0.25) is 5.02 Å². The molecule has 2 aromatic carbocycles. The van der Waals surface area contributed by atoms with Crippen LogP contribution >= 0.6 is 11.6 Å². The molecule has 0 radical (unpaired) electrons. The number of benzene rings is 2. The summed E-state index contributed by atoms with van der Waals surface area (Å²) in [6.07, 6.45) is 0. The average molecular weight is 297 g/mol. The molecule has 0 aliphatic carbocycles. The van der Waals surface area contributed by atoms with Gasteiger partial charge in [-0.3, -0.25) is 4.79 Å². The highest BCUT2D eigenvalue weighted by Gasteiger charge is 2.16. The minimum absolute atomic E-state index is 0.0659. The van der Waals surface area contributed by atoms with Gasteiger partial charge in [-0.25, -0.2) is 8.78 Å². The molecule has 2 aromatic rings. The first kappa shape index (κ1) is 14.3. The zero-order valence-corrected chi connectivity index (χ0v) is 11.3. The van der Waals surface area contributed by atoms with E-state index >= 15 is 0 Å². The minimum atomic E-state index is -0.745. The van der Waals surface area contributed by atoms with Gasteiger partial charge in [0, 0.05) is 5.69 Å². The molecule has 0 unspecified atom stereocenters. The molecule has 0 aliphatic heterocycles. The molecule has 1 amide bonds. The Hall–Kier alpha value is -2.14. The number of anilines is 2. The maximum Gasteiger partial charge on any atom is 0.258 e. The van der Waals surface area contributed by atoms with Crippen molar-refractivity contribution in [2.24, 2.45) is 0 Å². The number of carbonyl (C=O) groups is 1. The van der Waals surface area contributed by atoms with E-state index in [1.807, 2.05) is 0 Å². The molecular formula is C14H11ClF2N2O. The fraction of sp³-hybridized carbons (Fsp3) is 0.0714. The topological polar surface area (TPSA) is 55.1 Å². The maximum absolute atomic E-state index is 13.9.